The molecule has 0 aromatic rings. The van der Waals surface area contributed by atoms with Crippen molar-refractivity contribution in [2.24, 2.45) is 0 Å². The molecule has 1 aliphatic rings. The molecule has 17 heavy (non-hydrogen) atoms. The highest BCUT2D eigenvalue weighted by Gasteiger charge is 2.23. The zero-order valence-corrected chi connectivity index (χ0v) is 11.4. The van der Waals surface area contributed by atoms with Crippen molar-refractivity contribution in [3.63, 3.8) is 0 Å². The number of hydrogen-bond acceptors (Lipinski definition) is 3. The van der Waals surface area contributed by atoms with E-state index >= 15 is 0 Å². The van der Waals surface area contributed by atoms with Gasteiger partial charge >= 0.3 is 0 Å². The standard InChI is InChI=1S/C14H28N2O/c1-12(2)15-10-13(3)11-16-8-4-6-14(16)7-5-9-17/h12,14-15,17H,3-11H2,1-2H3. The summed E-state index contributed by atoms with van der Waals surface area (Å²) in [4.78, 5) is 2.53. The monoisotopic (exact) mass is 240 g/mol. The lowest BCUT2D eigenvalue weighted by molar-refractivity contribution is 0.226. The van der Waals surface area contributed by atoms with Crippen LogP contribution in [0.4, 0.5) is 0 Å². The largest absolute Gasteiger partial charge is 0.396 e. The summed E-state index contributed by atoms with van der Waals surface area (Å²) in [5, 5.41) is 12.3. The molecular formula is C14H28N2O. The number of hydrogen-bond donors (Lipinski definition) is 2. The number of nitrogens with zero attached hydrogens (tertiary/aromatic N) is 1. The average molecular weight is 240 g/mol. The van der Waals surface area contributed by atoms with Gasteiger partial charge in [-0.25, -0.2) is 0 Å². The maximum atomic E-state index is 8.89. The van der Waals surface area contributed by atoms with E-state index in [1.54, 1.807) is 0 Å². The zero-order valence-electron chi connectivity index (χ0n) is 11.4. The van der Waals surface area contributed by atoms with E-state index in [9.17, 15) is 0 Å². The molecule has 0 radical (unpaired) electrons. The Bertz CT molecular complexity index is 228. The summed E-state index contributed by atoms with van der Waals surface area (Å²) in [5.41, 5.74) is 1.27. The highest BCUT2D eigenvalue weighted by atomic mass is 16.2. The van der Waals surface area contributed by atoms with Crippen molar-refractivity contribution >= 4 is 0 Å². The van der Waals surface area contributed by atoms with Crippen LogP contribution in [0.3, 0.4) is 0 Å². The highest BCUT2D eigenvalue weighted by Crippen LogP contribution is 2.21. The summed E-state index contributed by atoms with van der Waals surface area (Å²) >= 11 is 0. The minimum Gasteiger partial charge on any atom is -0.396 e. The van der Waals surface area contributed by atoms with Crippen molar-refractivity contribution in [2.75, 3.05) is 26.2 Å². The zero-order chi connectivity index (χ0) is 12.7. The highest BCUT2D eigenvalue weighted by molar-refractivity contribution is 5.02. The van der Waals surface area contributed by atoms with Gasteiger partial charge in [0.15, 0.2) is 0 Å². The minimum absolute atomic E-state index is 0.320. The average Bonchev–Trinajstić information content (AvgIpc) is 2.71. The molecule has 0 saturated carbocycles. The first-order valence-electron chi connectivity index (χ1n) is 6.88. The Morgan fingerprint density at radius 2 is 2.29 bits per heavy atom. The van der Waals surface area contributed by atoms with Crippen LogP contribution in [0.25, 0.3) is 0 Å². The third-order valence-electron chi connectivity index (χ3n) is 3.38. The Morgan fingerprint density at radius 1 is 1.53 bits per heavy atom. The third kappa shape index (κ3) is 5.66. The second kappa shape index (κ2) is 7.85. The van der Waals surface area contributed by atoms with Crippen LogP contribution in [0.1, 0.15) is 39.5 Å². The Kier molecular flexibility index (Phi) is 6.78. The molecule has 0 aromatic carbocycles. The first kappa shape index (κ1) is 14.7. The lowest BCUT2D eigenvalue weighted by Crippen LogP contribution is -2.34. The molecule has 100 valence electrons. The summed E-state index contributed by atoms with van der Waals surface area (Å²) < 4.78 is 0. The molecule has 0 spiro atoms. The van der Waals surface area contributed by atoms with E-state index in [0.29, 0.717) is 18.7 Å². The van der Waals surface area contributed by atoms with E-state index in [4.69, 9.17) is 5.11 Å². The van der Waals surface area contributed by atoms with Crippen LogP contribution in [0, 0.1) is 0 Å². The fourth-order valence-corrected chi connectivity index (χ4v) is 2.45. The molecule has 0 aliphatic carbocycles. The molecule has 1 unspecified atom stereocenters. The predicted octanol–water partition coefficient (Wildman–Crippen LogP) is 1.78. The summed E-state index contributed by atoms with van der Waals surface area (Å²) in [7, 11) is 0. The molecule has 3 nitrogen and oxygen atoms in total. The van der Waals surface area contributed by atoms with Gasteiger partial charge in [0, 0.05) is 31.8 Å². The number of nitrogens with one attached hydrogen (secondary N) is 1. The molecule has 1 aliphatic heterocycles. The van der Waals surface area contributed by atoms with Crippen LogP contribution >= 0.6 is 0 Å². The first-order chi connectivity index (χ1) is 8.13. The van der Waals surface area contributed by atoms with Crippen molar-refractivity contribution < 1.29 is 5.11 Å². The van der Waals surface area contributed by atoms with Gasteiger partial charge in [0.05, 0.1) is 0 Å². The van der Waals surface area contributed by atoms with E-state index in [-0.39, 0.29) is 0 Å². The van der Waals surface area contributed by atoms with Crippen molar-refractivity contribution in [3.8, 4) is 0 Å². The number of aliphatic hydroxyl groups excluding tert-OH is 1. The van der Waals surface area contributed by atoms with E-state index in [2.05, 4.69) is 30.6 Å². The van der Waals surface area contributed by atoms with Crippen LogP contribution in [0.2, 0.25) is 0 Å². The summed E-state index contributed by atoms with van der Waals surface area (Å²) in [6, 6.07) is 1.19. The molecule has 1 atom stereocenters. The van der Waals surface area contributed by atoms with Gasteiger partial charge in [-0.2, -0.15) is 0 Å². The molecule has 0 aromatic heterocycles. The van der Waals surface area contributed by atoms with E-state index in [1.165, 1.54) is 25.0 Å². The Morgan fingerprint density at radius 3 is 2.94 bits per heavy atom. The predicted molar refractivity (Wildman–Crippen MR) is 73.2 cm³/mol. The second-order valence-electron chi connectivity index (χ2n) is 5.42. The van der Waals surface area contributed by atoms with Gasteiger partial charge in [0.25, 0.3) is 0 Å². The molecular weight excluding hydrogens is 212 g/mol. The number of likely N-dealkylation sites (tertiary alicyclic amines) is 1. The lowest BCUT2D eigenvalue weighted by atomic mass is 10.1. The maximum absolute atomic E-state index is 8.89. The molecule has 3 heteroatoms. The smallest absolute Gasteiger partial charge is 0.0431 e. The number of rotatable bonds is 8. The van der Waals surface area contributed by atoms with E-state index in [0.717, 1.165) is 25.9 Å². The van der Waals surface area contributed by atoms with Crippen LogP contribution in [0.5, 0.6) is 0 Å². The molecule has 1 saturated heterocycles. The first-order valence-corrected chi connectivity index (χ1v) is 6.88. The third-order valence-corrected chi connectivity index (χ3v) is 3.38. The fraction of sp³-hybridized carbons (Fsp3) is 0.857. The normalized spacial score (nSPS) is 21.3. The Balaban J connectivity index is 2.26. The minimum atomic E-state index is 0.320. The van der Waals surface area contributed by atoms with Crippen molar-refractivity contribution in [1.82, 2.24) is 10.2 Å². The molecule has 0 amide bonds. The molecule has 1 fully saturated rings. The van der Waals surface area contributed by atoms with Gasteiger partial charge in [-0.15, -0.1) is 0 Å². The van der Waals surface area contributed by atoms with Gasteiger partial charge in [0.1, 0.15) is 0 Å². The summed E-state index contributed by atoms with van der Waals surface area (Å²) in [5.74, 6) is 0. The van der Waals surface area contributed by atoms with Crippen LogP contribution < -0.4 is 5.32 Å². The number of aliphatic hydroxyl groups is 1. The topological polar surface area (TPSA) is 35.5 Å². The second-order valence-corrected chi connectivity index (χ2v) is 5.42. The quantitative estimate of drug-likeness (QED) is 0.635. The van der Waals surface area contributed by atoms with E-state index < -0.39 is 0 Å². The van der Waals surface area contributed by atoms with Gasteiger partial charge in [-0.3, -0.25) is 4.90 Å². The summed E-state index contributed by atoms with van der Waals surface area (Å²) in [6.45, 7) is 11.9. The fourth-order valence-electron chi connectivity index (χ4n) is 2.45. The van der Waals surface area contributed by atoms with Gasteiger partial charge < -0.3 is 10.4 Å². The molecule has 0 bridgehead atoms. The molecule has 1 heterocycles. The van der Waals surface area contributed by atoms with Gasteiger partial charge in [-0.1, -0.05) is 20.4 Å². The molecule has 2 N–H and O–H groups in total. The lowest BCUT2D eigenvalue weighted by Gasteiger charge is -2.25. The summed E-state index contributed by atoms with van der Waals surface area (Å²) in [6.07, 6.45) is 4.63. The van der Waals surface area contributed by atoms with Crippen LogP contribution in [-0.4, -0.2) is 48.3 Å². The van der Waals surface area contributed by atoms with Crippen LogP contribution in [-0.2, 0) is 0 Å². The van der Waals surface area contributed by atoms with Crippen LogP contribution in [0.15, 0.2) is 12.2 Å². The van der Waals surface area contributed by atoms with Gasteiger partial charge in [-0.05, 0) is 37.8 Å². The van der Waals surface area contributed by atoms with E-state index in [1.807, 2.05) is 0 Å². The van der Waals surface area contributed by atoms with Crippen molar-refractivity contribution in [2.45, 2.75) is 51.6 Å². The maximum Gasteiger partial charge on any atom is 0.0431 e. The Labute approximate surface area is 106 Å². The van der Waals surface area contributed by atoms with Gasteiger partial charge in [0.2, 0.25) is 0 Å². The SMILES string of the molecule is C=C(CNC(C)C)CN1CCCC1CCCO. The van der Waals surface area contributed by atoms with Crippen molar-refractivity contribution in [1.29, 1.82) is 0 Å². The Hall–Kier alpha value is -0.380. The molecule has 1 rings (SSSR count). The van der Waals surface area contributed by atoms with Crippen molar-refractivity contribution in [3.05, 3.63) is 12.2 Å².